The second kappa shape index (κ2) is 5.41. The van der Waals surface area contributed by atoms with Crippen molar-refractivity contribution in [1.82, 2.24) is 5.32 Å². The molecule has 0 saturated carbocycles. The van der Waals surface area contributed by atoms with Gasteiger partial charge in [0.2, 0.25) is 5.91 Å². The number of benzene rings is 1. The molecule has 3 nitrogen and oxygen atoms in total. The van der Waals surface area contributed by atoms with E-state index in [1.54, 1.807) is 0 Å². The van der Waals surface area contributed by atoms with Crippen molar-refractivity contribution in [2.24, 2.45) is 5.92 Å². The van der Waals surface area contributed by atoms with E-state index in [4.69, 9.17) is 0 Å². The molecular formula is C14H19BrN2O. The third-order valence-electron chi connectivity index (χ3n) is 3.35. The average molecular weight is 311 g/mol. The van der Waals surface area contributed by atoms with Gasteiger partial charge < -0.3 is 10.2 Å². The van der Waals surface area contributed by atoms with Crippen LogP contribution in [0.5, 0.6) is 0 Å². The molecule has 0 aromatic heterocycles. The van der Waals surface area contributed by atoms with Crippen LogP contribution in [0.1, 0.15) is 19.4 Å². The molecule has 98 valence electrons. The van der Waals surface area contributed by atoms with Crippen LogP contribution in [-0.2, 0) is 4.79 Å². The van der Waals surface area contributed by atoms with E-state index in [0.29, 0.717) is 5.92 Å². The monoisotopic (exact) mass is 310 g/mol. The highest BCUT2D eigenvalue weighted by Crippen LogP contribution is 2.26. The molecule has 0 spiro atoms. The number of nitrogens with zero attached hydrogens (tertiary/aromatic N) is 1. The molecule has 1 fully saturated rings. The van der Waals surface area contributed by atoms with Crippen molar-refractivity contribution in [2.45, 2.75) is 26.8 Å². The molecule has 1 aliphatic heterocycles. The van der Waals surface area contributed by atoms with Crippen molar-refractivity contribution in [3.05, 3.63) is 28.2 Å². The van der Waals surface area contributed by atoms with Gasteiger partial charge in [0, 0.05) is 23.2 Å². The zero-order valence-corrected chi connectivity index (χ0v) is 12.6. The second-order valence-electron chi connectivity index (χ2n) is 5.11. The molecule has 1 aromatic rings. The first-order valence-corrected chi connectivity index (χ1v) is 7.09. The van der Waals surface area contributed by atoms with Gasteiger partial charge in [-0.1, -0.05) is 22.9 Å². The summed E-state index contributed by atoms with van der Waals surface area (Å²) in [6, 6.07) is 5.94. The van der Waals surface area contributed by atoms with E-state index in [9.17, 15) is 4.79 Å². The zero-order valence-electron chi connectivity index (χ0n) is 11.0. The van der Waals surface area contributed by atoms with Crippen LogP contribution in [0.2, 0.25) is 0 Å². The summed E-state index contributed by atoms with van der Waals surface area (Å²) >= 11 is 3.46. The summed E-state index contributed by atoms with van der Waals surface area (Å²) < 4.78 is 1.05. The molecular weight excluding hydrogens is 292 g/mol. The van der Waals surface area contributed by atoms with Gasteiger partial charge in [0.05, 0.1) is 6.04 Å². The fourth-order valence-electron chi connectivity index (χ4n) is 2.30. The molecule has 1 N–H and O–H groups in total. The number of halogens is 1. The summed E-state index contributed by atoms with van der Waals surface area (Å²) in [6.45, 7) is 7.81. The number of aryl methyl sites for hydroxylation is 1. The molecule has 1 aromatic carbocycles. The summed E-state index contributed by atoms with van der Waals surface area (Å²) in [5.41, 5.74) is 2.14. The molecule has 1 saturated heterocycles. The van der Waals surface area contributed by atoms with Gasteiger partial charge in [-0.05, 0) is 43.5 Å². The Morgan fingerprint density at radius 2 is 2.11 bits per heavy atom. The minimum absolute atomic E-state index is 0.113. The highest BCUT2D eigenvalue weighted by atomic mass is 79.9. The molecule has 0 aliphatic carbocycles. The van der Waals surface area contributed by atoms with E-state index in [0.717, 1.165) is 28.8 Å². The molecule has 1 aliphatic rings. The van der Waals surface area contributed by atoms with Crippen LogP contribution in [-0.4, -0.2) is 25.0 Å². The van der Waals surface area contributed by atoms with Gasteiger partial charge in [-0.2, -0.15) is 0 Å². The predicted octanol–water partition coefficient (Wildman–Crippen LogP) is 2.72. The lowest BCUT2D eigenvalue weighted by molar-refractivity contribution is -0.119. The Balaban J connectivity index is 2.36. The number of rotatable bonds is 1. The van der Waals surface area contributed by atoms with Crippen molar-refractivity contribution < 1.29 is 4.79 Å². The first-order valence-electron chi connectivity index (χ1n) is 6.30. The minimum Gasteiger partial charge on any atom is -0.310 e. The Bertz CT molecular complexity index is 461. The number of amides is 1. The molecule has 18 heavy (non-hydrogen) atoms. The third kappa shape index (κ3) is 2.75. The summed E-state index contributed by atoms with van der Waals surface area (Å²) in [5.74, 6) is 0.617. The molecule has 1 heterocycles. The van der Waals surface area contributed by atoms with Gasteiger partial charge in [-0.15, -0.1) is 0 Å². The lowest BCUT2D eigenvalue weighted by Gasteiger charge is -2.26. The normalized spacial score (nSPS) is 25.1. The Kier molecular flexibility index (Phi) is 4.07. The molecule has 2 rings (SSSR count). The Labute approximate surface area is 117 Å². The largest absolute Gasteiger partial charge is 0.310 e. The van der Waals surface area contributed by atoms with Gasteiger partial charge in [0.25, 0.3) is 0 Å². The fraction of sp³-hybridized carbons (Fsp3) is 0.500. The molecule has 2 unspecified atom stereocenters. The second-order valence-corrected chi connectivity index (χ2v) is 6.03. The van der Waals surface area contributed by atoms with Crippen molar-refractivity contribution >= 4 is 27.5 Å². The third-order valence-corrected chi connectivity index (χ3v) is 3.85. The summed E-state index contributed by atoms with van der Waals surface area (Å²) in [7, 11) is 0. The Hall–Kier alpha value is -0.870. The number of carbonyl (C=O) groups is 1. The van der Waals surface area contributed by atoms with E-state index in [1.165, 1.54) is 0 Å². The summed E-state index contributed by atoms with van der Waals surface area (Å²) in [5, 5.41) is 3.27. The predicted molar refractivity (Wildman–Crippen MR) is 77.9 cm³/mol. The average Bonchev–Trinajstić information content (AvgIpc) is 2.43. The first kappa shape index (κ1) is 13.6. The number of nitrogens with one attached hydrogen (secondary N) is 1. The Morgan fingerprint density at radius 1 is 1.39 bits per heavy atom. The maximum atomic E-state index is 12.4. The van der Waals surface area contributed by atoms with E-state index < -0.39 is 0 Å². The molecule has 0 radical (unpaired) electrons. The standard InChI is InChI=1S/C14H19BrN2O/c1-9-7-16-11(3)14(18)17(8-9)13-5-4-12(15)6-10(13)2/h4-6,9,11,16H,7-8H2,1-3H3. The number of hydrogen-bond acceptors (Lipinski definition) is 2. The van der Waals surface area contributed by atoms with Crippen molar-refractivity contribution in [2.75, 3.05) is 18.0 Å². The SMILES string of the molecule is Cc1cc(Br)ccc1N1CC(C)CNC(C)C1=O. The van der Waals surface area contributed by atoms with Crippen molar-refractivity contribution in [3.63, 3.8) is 0 Å². The van der Waals surface area contributed by atoms with Gasteiger partial charge in [0.15, 0.2) is 0 Å². The topological polar surface area (TPSA) is 32.3 Å². The quantitative estimate of drug-likeness (QED) is 0.865. The maximum Gasteiger partial charge on any atom is 0.243 e. The summed E-state index contributed by atoms with van der Waals surface area (Å²) in [4.78, 5) is 14.3. The van der Waals surface area contributed by atoms with Crippen LogP contribution in [0.3, 0.4) is 0 Å². The fourth-order valence-corrected chi connectivity index (χ4v) is 2.78. The van der Waals surface area contributed by atoms with E-state index >= 15 is 0 Å². The van der Waals surface area contributed by atoms with Gasteiger partial charge in [-0.3, -0.25) is 4.79 Å². The maximum absolute atomic E-state index is 12.4. The number of hydrogen-bond donors (Lipinski definition) is 1. The zero-order chi connectivity index (χ0) is 13.3. The van der Waals surface area contributed by atoms with Gasteiger partial charge in [0.1, 0.15) is 0 Å². The highest BCUT2D eigenvalue weighted by Gasteiger charge is 2.27. The summed E-state index contributed by atoms with van der Waals surface area (Å²) in [6.07, 6.45) is 0. The van der Waals surface area contributed by atoms with Crippen molar-refractivity contribution in [3.8, 4) is 0 Å². The van der Waals surface area contributed by atoms with Crippen LogP contribution in [0.15, 0.2) is 22.7 Å². The van der Waals surface area contributed by atoms with E-state index in [2.05, 4.69) is 34.2 Å². The Morgan fingerprint density at radius 3 is 2.78 bits per heavy atom. The van der Waals surface area contributed by atoms with Crippen LogP contribution < -0.4 is 10.2 Å². The van der Waals surface area contributed by atoms with E-state index in [1.807, 2.05) is 30.9 Å². The van der Waals surface area contributed by atoms with Crippen LogP contribution in [0.25, 0.3) is 0 Å². The van der Waals surface area contributed by atoms with Gasteiger partial charge >= 0.3 is 0 Å². The smallest absolute Gasteiger partial charge is 0.243 e. The molecule has 0 bridgehead atoms. The van der Waals surface area contributed by atoms with Crippen LogP contribution >= 0.6 is 15.9 Å². The van der Waals surface area contributed by atoms with Crippen LogP contribution in [0.4, 0.5) is 5.69 Å². The number of anilines is 1. The molecule has 1 amide bonds. The van der Waals surface area contributed by atoms with Crippen molar-refractivity contribution in [1.29, 1.82) is 0 Å². The minimum atomic E-state index is -0.113. The number of carbonyl (C=O) groups excluding carboxylic acids is 1. The molecule has 4 heteroatoms. The highest BCUT2D eigenvalue weighted by molar-refractivity contribution is 9.10. The lowest BCUT2D eigenvalue weighted by atomic mass is 10.1. The first-order chi connectivity index (χ1) is 8.49. The lowest BCUT2D eigenvalue weighted by Crippen LogP contribution is -2.42. The van der Waals surface area contributed by atoms with Gasteiger partial charge in [-0.25, -0.2) is 0 Å². The van der Waals surface area contributed by atoms with Crippen LogP contribution in [0, 0.1) is 12.8 Å². The van der Waals surface area contributed by atoms with E-state index in [-0.39, 0.29) is 11.9 Å². The molecule has 2 atom stereocenters.